The lowest BCUT2D eigenvalue weighted by molar-refractivity contribution is -0.140. The minimum atomic E-state index is -1.06. The largest absolute Gasteiger partial charge is 0.480 e. The first kappa shape index (κ1) is 17.0. The fraction of sp³-hybridized carbons (Fsp3) is 0.312. The Hall–Kier alpha value is -2.34. The molecule has 7 heteroatoms. The van der Waals surface area contributed by atoms with E-state index in [9.17, 15) is 9.59 Å². The molecule has 1 atom stereocenters. The van der Waals surface area contributed by atoms with Crippen LogP contribution in [0.1, 0.15) is 29.9 Å². The van der Waals surface area contributed by atoms with E-state index in [0.29, 0.717) is 16.3 Å². The number of aliphatic carboxylic acids is 1. The third-order valence-electron chi connectivity index (χ3n) is 3.54. The molecule has 1 aromatic carbocycles. The van der Waals surface area contributed by atoms with Crippen LogP contribution in [0.15, 0.2) is 30.5 Å². The van der Waals surface area contributed by atoms with E-state index in [4.69, 9.17) is 16.7 Å². The van der Waals surface area contributed by atoms with E-state index in [0.717, 1.165) is 5.69 Å². The SMILES string of the molecule is Cc1c(C(=O)NC(C(=O)O)C(C)C)cnn1-c1ccc(Cl)cc1. The number of nitrogens with zero attached hydrogens (tertiary/aromatic N) is 2. The molecule has 0 aliphatic carbocycles. The maximum absolute atomic E-state index is 12.3. The molecular weight excluding hydrogens is 318 g/mol. The van der Waals surface area contributed by atoms with Crippen LogP contribution in [-0.4, -0.2) is 32.8 Å². The zero-order chi connectivity index (χ0) is 17.1. The van der Waals surface area contributed by atoms with Crippen molar-refractivity contribution < 1.29 is 14.7 Å². The third kappa shape index (κ3) is 3.71. The van der Waals surface area contributed by atoms with Crippen LogP contribution in [0.3, 0.4) is 0 Å². The predicted molar refractivity (Wildman–Crippen MR) is 87.0 cm³/mol. The van der Waals surface area contributed by atoms with Crippen molar-refractivity contribution in [2.75, 3.05) is 0 Å². The molecule has 0 aliphatic heterocycles. The molecule has 0 bridgehead atoms. The van der Waals surface area contributed by atoms with Crippen LogP contribution in [0.2, 0.25) is 5.02 Å². The zero-order valence-corrected chi connectivity index (χ0v) is 13.8. The summed E-state index contributed by atoms with van der Waals surface area (Å²) < 4.78 is 1.61. The predicted octanol–water partition coefficient (Wildman–Crippen LogP) is 2.67. The van der Waals surface area contributed by atoms with Crippen LogP contribution in [0.4, 0.5) is 0 Å². The molecule has 1 heterocycles. The number of carboxylic acid groups (broad SMARTS) is 1. The van der Waals surface area contributed by atoms with Crippen molar-refractivity contribution in [2.45, 2.75) is 26.8 Å². The molecule has 1 unspecified atom stereocenters. The Kier molecular flexibility index (Phi) is 5.05. The molecule has 0 saturated carbocycles. The lowest BCUT2D eigenvalue weighted by Gasteiger charge is -2.17. The van der Waals surface area contributed by atoms with E-state index >= 15 is 0 Å². The second-order valence-corrected chi connectivity index (χ2v) is 6.00. The number of carboxylic acids is 1. The Morgan fingerprint density at radius 1 is 1.26 bits per heavy atom. The number of halogens is 1. The Morgan fingerprint density at radius 2 is 1.87 bits per heavy atom. The third-order valence-corrected chi connectivity index (χ3v) is 3.80. The second-order valence-electron chi connectivity index (χ2n) is 5.57. The van der Waals surface area contributed by atoms with Gasteiger partial charge in [0.2, 0.25) is 0 Å². The molecule has 2 rings (SSSR count). The van der Waals surface area contributed by atoms with Gasteiger partial charge >= 0.3 is 5.97 Å². The van der Waals surface area contributed by atoms with Crippen LogP contribution < -0.4 is 5.32 Å². The Labute approximate surface area is 139 Å². The summed E-state index contributed by atoms with van der Waals surface area (Å²) in [5.41, 5.74) is 1.73. The summed E-state index contributed by atoms with van der Waals surface area (Å²) in [5.74, 6) is -1.73. The lowest BCUT2D eigenvalue weighted by Crippen LogP contribution is -2.44. The summed E-state index contributed by atoms with van der Waals surface area (Å²) in [4.78, 5) is 23.5. The monoisotopic (exact) mass is 335 g/mol. The summed E-state index contributed by atoms with van der Waals surface area (Å²) in [6.45, 7) is 5.23. The zero-order valence-electron chi connectivity index (χ0n) is 13.1. The van der Waals surface area contributed by atoms with Crippen molar-refractivity contribution in [3.8, 4) is 5.69 Å². The average Bonchev–Trinajstić information content (AvgIpc) is 2.86. The van der Waals surface area contributed by atoms with Crippen molar-refractivity contribution in [1.82, 2.24) is 15.1 Å². The second kappa shape index (κ2) is 6.83. The first-order valence-electron chi connectivity index (χ1n) is 7.15. The van der Waals surface area contributed by atoms with Gasteiger partial charge in [-0.25, -0.2) is 9.48 Å². The fourth-order valence-electron chi connectivity index (χ4n) is 2.21. The van der Waals surface area contributed by atoms with Gasteiger partial charge in [0.25, 0.3) is 5.91 Å². The molecule has 0 saturated heterocycles. The molecule has 1 amide bonds. The number of hydrogen-bond acceptors (Lipinski definition) is 3. The molecular formula is C16H18ClN3O3. The van der Waals surface area contributed by atoms with Crippen molar-refractivity contribution in [2.24, 2.45) is 5.92 Å². The molecule has 122 valence electrons. The van der Waals surface area contributed by atoms with Gasteiger partial charge in [-0.3, -0.25) is 4.79 Å². The highest BCUT2D eigenvalue weighted by molar-refractivity contribution is 6.30. The normalized spacial score (nSPS) is 12.2. The summed E-state index contributed by atoms with van der Waals surface area (Å²) in [7, 11) is 0. The number of aromatic nitrogens is 2. The molecule has 0 spiro atoms. The minimum absolute atomic E-state index is 0.219. The molecule has 0 aliphatic rings. The maximum Gasteiger partial charge on any atom is 0.326 e. The van der Waals surface area contributed by atoms with Crippen molar-refractivity contribution in [3.05, 3.63) is 46.7 Å². The Balaban J connectivity index is 2.26. The molecule has 2 N–H and O–H groups in total. The quantitative estimate of drug-likeness (QED) is 0.879. The van der Waals surface area contributed by atoms with Crippen LogP contribution in [-0.2, 0) is 4.79 Å². The van der Waals surface area contributed by atoms with Gasteiger partial charge in [0, 0.05) is 5.02 Å². The highest BCUT2D eigenvalue weighted by atomic mass is 35.5. The van der Waals surface area contributed by atoms with E-state index in [-0.39, 0.29) is 5.92 Å². The van der Waals surface area contributed by atoms with Gasteiger partial charge in [-0.05, 0) is 37.1 Å². The minimum Gasteiger partial charge on any atom is -0.480 e. The smallest absolute Gasteiger partial charge is 0.326 e. The maximum atomic E-state index is 12.3. The highest BCUT2D eigenvalue weighted by Gasteiger charge is 2.25. The number of hydrogen-bond donors (Lipinski definition) is 2. The van der Waals surface area contributed by atoms with Gasteiger partial charge in [-0.1, -0.05) is 25.4 Å². The van der Waals surface area contributed by atoms with Gasteiger partial charge < -0.3 is 10.4 Å². The van der Waals surface area contributed by atoms with Gasteiger partial charge in [0.15, 0.2) is 0 Å². The van der Waals surface area contributed by atoms with Crippen molar-refractivity contribution in [3.63, 3.8) is 0 Å². The number of carbonyl (C=O) groups excluding carboxylic acids is 1. The van der Waals surface area contributed by atoms with E-state index in [1.165, 1.54) is 6.20 Å². The molecule has 0 radical (unpaired) electrons. The highest BCUT2D eigenvalue weighted by Crippen LogP contribution is 2.17. The van der Waals surface area contributed by atoms with Gasteiger partial charge in [-0.15, -0.1) is 0 Å². The van der Waals surface area contributed by atoms with E-state index in [1.807, 2.05) is 0 Å². The van der Waals surface area contributed by atoms with Crippen molar-refractivity contribution >= 4 is 23.5 Å². The van der Waals surface area contributed by atoms with Crippen LogP contribution in [0.25, 0.3) is 5.69 Å². The molecule has 2 aromatic rings. The summed E-state index contributed by atoms with van der Waals surface area (Å²) >= 11 is 5.86. The van der Waals surface area contributed by atoms with E-state index in [1.54, 1.807) is 49.7 Å². The van der Waals surface area contributed by atoms with E-state index < -0.39 is 17.9 Å². The van der Waals surface area contributed by atoms with Crippen LogP contribution >= 0.6 is 11.6 Å². The average molecular weight is 336 g/mol. The summed E-state index contributed by atoms with van der Waals surface area (Å²) in [6.07, 6.45) is 1.43. The topological polar surface area (TPSA) is 84.2 Å². The molecule has 1 aromatic heterocycles. The van der Waals surface area contributed by atoms with Gasteiger partial charge in [-0.2, -0.15) is 5.10 Å². The molecule has 0 fully saturated rings. The van der Waals surface area contributed by atoms with E-state index in [2.05, 4.69) is 10.4 Å². The number of carbonyl (C=O) groups is 2. The Bertz CT molecular complexity index is 723. The molecule has 6 nitrogen and oxygen atoms in total. The number of amides is 1. The van der Waals surface area contributed by atoms with Crippen LogP contribution in [0.5, 0.6) is 0 Å². The summed E-state index contributed by atoms with van der Waals surface area (Å²) in [5, 5.41) is 16.5. The molecule has 23 heavy (non-hydrogen) atoms. The first-order chi connectivity index (χ1) is 10.8. The number of benzene rings is 1. The number of nitrogens with one attached hydrogen (secondary N) is 1. The summed E-state index contributed by atoms with van der Waals surface area (Å²) in [6, 6.07) is 6.10. The standard InChI is InChI=1S/C16H18ClN3O3/c1-9(2)14(16(22)23)19-15(21)13-8-18-20(10(13)3)12-6-4-11(17)5-7-12/h4-9,14H,1-3H3,(H,19,21)(H,22,23). The lowest BCUT2D eigenvalue weighted by atomic mass is 10.0. The number of rotatable bonds is 5. The Morgan fingerprint density at radius 3 is 2.39 bits per heavy atom. The van der Waals surface area contributed by atoms with Crippen molar-refractivity contribution in [1.29, 1.82) is 0 Å². The fourth-order valence-corrected chi connectivity index (χ4v) is 2.33. The first-order valence-corrected chi connectivity index (χ1v) is 7.53. The van der Waals surface area contributed by atoms with Crippen LogP contribution in [0, 0.1) is 12.8 Å². The van der Waals surface area contributed by atoms with Gasteiger partial charge in [0.1, 0.15) is 6.04 Å². The van der Waals surface area contributed by atoms with Gasteiger partial charge in [0.05, 0.1) is 23.1 Å².